The molecule has 19 heavy (non-hydrogen) atoms. The maximum absolute atomic E-state index is 5.95. The normalized spacial score (nSPS) is 15.9. The molecule has 1 aromatic carbocycles. The molecule has 2 N–H and O–H groups in total. The molecule has 2 rings (SSSR count). The van der Waals surface area contributed by atoms with Crippen molar-refractivity contribution < 1.29 is 4.74 Å². The molecule has 0 bridgehead atoms. The van der Waals surface area contributed by atoms with Crippen LogP contribution in [0.4, 0.5) is 0 Å². The van der Waals surface area contributed by atoms with Gasteiger partial charge in [0.25, 0.3) is 0 Å². The van der Waals surface area contributed by atoms with E-state index >= 15 is 0 Å². The molecule has 0 aliphatic carbocycles. The number of benzene rings is 1. The first kappa shape index (κ1) is 14.8. The van der Waals surface area contributed by atoms with Crippen molar-refractivity contribution in [3.63, 3.8) is 0 Å². The molecule has 106 valence electrons. The van der Waals surface area contributed by atoms with Gasteiger partial charge in [0.1, 0.15) is 5.75 Å². The summed E-state index contributed by atoms with van der Waals surface area (Å²) in [6, 6.07) is 4.12. The minimum atomic E-state index is 0.516. The Morgan fingerprint density at radius 3 is 2.74 bits per heavy atom. The highest BCUT2D eigenvalue weighted by Gasteiger charge is 2.11. The van der Waals surface area contributed by atoms with E-state index in [1.54, 1.807) is 0 Å². The lowest BCUT2D eigenvalue weighted by Crippen LogP contribution is -2.22. The Bertz CT molecular complexity index is 417. The Morgan fingerprint density at radius 2 is 2.05 bits per heavy atom. The molecule has 0 aromatic heterocycles. The molecule has 0 amide bonds. The number of rotatable bonds is 6. The van der Waals surface area contributed by atoms with Gasteiger partial charge in [0.15, 0.2) is 0 Å². The Hall–Kier alpha value is -0.580. The predicted molar refractivity (Wildman–Crippen MR) is 82.6 cm³/mol. The SMILES string of the molecule is Cc1cc(Br)cc(CN)c1OCCCN1CCCC1. The summed E-state index contributed by atoms with van der Waals surface area (Å²) in [5.74, 6) is 0.965. The molecule has 1 fully saturated rings. The van der Waals surface area contributed by atoms with Crippen LogP contribution in [-0.2, 0) is 6.54 Å². The molecule has 4 heteroatoms. The Labute approximate surface area is 124 Å². The summed E-state index contributed by atoms with van der Waals surface area (Å²) in [5.41, 5.74) is 8.01. The molecule has 0 atom stereocenters. The van der Waals surface area contributed by atoms with Crippen molar-refractivity contribution in [2.75, 3.05) is 26.2 Å². The minimum Gasteiger partial charge on any atom is -0.493 e. The van der Waals surface area contributed by atoms with Gasteiger partial charge in [0, 0.05) is 23.1 Å². The van der Waals surface area contributed by atoms with Gasteiger partial charge in [-0.05, 0) is 57.0 Å². The largest absolute Gasteiger partial charge is 0.493 e. The van der Waals surface area contributed by atoms with Crippen molar-refractivity contribution in [3.05, 3.63) is 27.7 Å². The second kappa shape index (κ2) is 7.27. The first-order valence-electron chi connectivity index (χ1n) is 7.05. The van der Waals surface area contributed by atoms with Crippen LogP contribution in [0.3, 0.4) is 0 Å². The van der Waals surface area contributed by atoms with Crippen LogP contribution in [0.5, 0.6) is 5.75 Å². The van der Waals surface area contributed by atoms with Crippen molar-refractivity contribution in [1.82, 2.24) is 4.90 Å². The number of hydrogen-bond donors (Lipinski definition) is 1. The Balaban J connectivity index is 1.84. The summed E-state index contributed by atoms with van der Waals surface area (Å²) in [6.45, 7) is 7.01. The fourth-order valence-electron chi connectivity index (χ4n) is 2.63. The van der Waals surface area contributed by atoms with Crippen molar-refractivity contribution >= 4 is 15.9 Å². The zero-order valence-corrected chi connectivity index (χ0v) is 13.2. The number of aryl methyl sites for hydroxylation is 1. The van der Waals surface area contributed by atoms with Crippen LogP contribution in [-0.4, -0.2) is 31.1 Å². The molecule has 0 unspecified atom stereocenters. The third kappa shape index (κ3) is 4.20. The van der Waals surface area contributed by atoms with E-state index in [0.29, 0.717) is 6.54 Å². The Kier molecular flexibility index (Phi) is 5.67. The fourth-order valence-corrected chi connectivity index (χ4v) is 3.25. The van der Waals surface area contributed by atoms with Crippen molar-refractivity contribution in [2.45, 2.75) is 32.7 Å². The van der Waals surface area contributed by atoms with Crippen LogP contribution >= 0.6 is 15.9 Å². The van der Waals surface area contributed by atoms with E-state index in [1.807, 2.05) is 6.07 Å². The summed E-state index contributed by atoms with van der Waals surface area (Å²) in [5, 5.41) is 0. The van der Waals surface area contributed by atoms with Crippen LogP contribution < -0.4 is 10.5 Å². The summed E-state index contributed by atoms with van der Waals surface area (Å²) < 4.78 is 7.01. The lowest BCUT2D eigenvalue weighted by Gasteiger charge is -2.17. The maximum Gasteiger partial charge on any atom is 0.126 e. The molecule has 1 heterocycles. The van der Waals surface area contributed by atoms with Gasteiger partial charge in [-0.3, -0.25) is 0 Å². The van der Waals surface area contributed by atoms with Gasteiger partial charge in [-0.1, -0.05) is 15.9 Å². The molecule has 1 aliphatic heterocycles. The zero-order chi connectivity index (χ0) is 13.7. The van der Waals surface area contributed by atoms with E-state index in [1.165, 1.54) is 25.9 Å². The van der Waals surface area contributed by atoms with E-state index in [0.717, 1.165) is 40.9 Å². The van der Waals surface area contributed by atoms with Gasteiger partial charge in [-0.15, -0.1) is 0 Å². The molecule has 1 aromatic rings. The number of halogens is 1. The van der Waals surface area contributed by atoms with Gasteiger partial charge in [-0.2, -0.15) is 0 Å². The molecule has 0 radical (unpaired) electrons. The van der Waals surface area contributed by atoms with Crippen LogP contribution in [0.15, 0.2) is 16.6 Å². The van der Waals surface area contributed by atoms with E-state index in [-0.39, 0.29) is 0 Å². The molecular weight excluding hydrogens is 304 g/mol. The van der Waals surface area contributed by atoms with Crippen LogP contribution in [0.2, 0.25) is 0 Å². The first-order chi connectivity index (χ1) is 9.20. The van der Waals surface area contributed by atoms with Gasteiger partial charge < -0.3 is 15.4 Å². The highest BCUT2D eigenvalue weighted by atomic mass is 79.9. The average molecular weight is 327 g/mol. The van der Waals surface area contributed by atoms with Crippen molar-refractivity contribution in [1.29, 1.82) is 0 Å². The minimum absolute atomic E-state index is 0.516. The monoisotopic (exact) mass is 326 g/mol. The summed E-state index contributed by atoms with van der Waals surface area (Å²) in [4.78, 5) is 2.52. The van der Waals surface area contributed by atoms with E-state index in [4.69, 9.17) is 10.5 Å². The van der Waals surface area contributed by atoms with E-state index in [2.05, 4.69) is 33.8 Å². The Morgan fingerprint density at radius 1 is 1.32 bits per heavy atom. The lowest BCUT2D eigenvalue weighted by molar-refractivity contribution is 0.261. The molecule has 0 saturated carbocycles. The topological polar surface area (TPSA) is 38.5 Å². The van der Waals surface area contributed by atoms with E-state index in [9.17, 15) is 0 Å². The third-order valence-corrected chi connectivity index (χ3v) is 4.06. The van der Waals surface area contributed by atoms with Gasteiger partial charge in [0.05, 0.1) is 6.61 Å². The molecule has 0 spiro atoms. The number of likely N-dealkylation sites (tertiary alicyclic amines) is 1. The summed E-state index contributed by atoms with van der Waals surface area (Å²) in [6.07, 6.45) is 3.79. The number of nitrogens with zero attached hydrogens (tertiary/aromatic N) is 1. The second-order valence-corrected chi connectivity index (χ2v) is 6.08. The van der Waals surface area contributed by atoms with Gasteiger partial charge in [-0.25, -0.2) is 0 Å². The second-order valence-electron chi connectivity index (χ2n) is 5.17. The van der Waals surface area contributed by atoms with Crippen molar-refractivity contribution in [3.8, 4) is 5.75 Å². The predicted octanol–water partition coefficient (Wildman–Crippen LogP) is 3.08. The highest BCUT2D eigenvalue weighted by Crippen LogP contribution is 2.27. The standard InChI is InChI=1S/C15H23BrN2O/c1-12-9-14(16)10-13(11-17)15(12)19-8-4-7-18-5-2-3-6-18/h9-10H,2-8,11,17H2,1H3. The first-order valence-corrected chi connectivity index (χ1v) is 7.84. The number of hydrogen-bond acceptors (Lipinski definition) is 3. The fraction of sp³-hybridized carbons (Fsp3) is 0.600. The number of nitrogens with two attached hydrogens (primary N) is 1. The smallest absolute Gasteiger partial charge is 0.126 e. The average Bonchev–Trinajstić information content (AvgIpc) is 2.89. The third-order valence-electron chi connectivity index (χ3n) is 3.60. The highest BCUT2D eigenvalue weighted by molar-refractivity contribution is 9.10. The molecule has 1 aliphatic rings. The lowest BCUT2D eigenvalue weighted by atomic mass is 10.1. The maximum atomic E-state index is 5.95. The summed E-state index contributed by atoms with van der Waals surface area (Å²) in [7, 11) is 0. The molecular formula is C15H23BrN2O. The van der Waals surface area contributed by atoms with Crippen LogP contribution in [0, 0.1) is 6.92 Å². The zero-order valence-electron chi connectivity index (χ0n) is 11.6. The quantitative estimate of drug-likeness (QED) is 0.816. The molecule has 1 saturated heterocycles. The van der Waals surface area contributed by atoms with Crippen LogP contribution in [0.1, 0.15) is 30.4 Å². The van der Waals surface area contributed by atoms with Crippen LogP contribution in [0.25, 0.3) is 0 Å². The summed E-state index contributed by atoms with van der Waals surface area (Å²) >= 11 is 3.50. The number of ether oxygens (including phenoxy) is 1. The molecule has 3 nitrogen and oxygen atoms in total. The van der Waals surface area contributed by atoms with E-state index < -0.39 is 0 Å². The van der Waals surface area contributed by atoms with Crippen molar-refractivity contribution in [2.24, 2.45) is 5.73 Å². The van der Waals surface area contributed by atoms with Gasteiger partial charge >= 0.3 is 0 Å². The van der Waals surface area contributed by atoms with Gasteiger partial charge in [0.2, 0.25) is 0 Å².